The lowest BCUT2D eigenvalue weighted by atomic mass is 10.1. The molecule has 0 saturated carbocycles. The van der Waals surface area contributed by atoms with Crippen LogP contribution in [0.5, 0.6) is 0 Å². The fourth-order valence-corrected chi connectivity index (χ4v) is 1.55. The smallest absolute Gasteiger partial charge is 0.190 e. The van der Waals surface area contributed by atoms with Crippen LogP contribution in [0.25, 0.3) is 0 Å². The van der Waals surface area contributed by atoms with Gasteiger partial charge in [0.2, 0.25) is 0 Å². The molecule has 0 amide bonds. The van der Waals surface area contributed by atoms with E-state index in [1.807, 2.05) is 13.8 Å². The Hall–Kier alpha value is -1.73. The van der Waals surface area contributed by atoms with Gasteiger partial charge in [-0.15, -0.1) is 6.42 Å². The van der Waals surface area contributed by atoms with Gasteiger partial charge in [-0.3, -0.25) is 0 Å². The van der Waals surface area contributed by atoms with Crippen molar-refractivity contribution in [2.75, 3.05) is 0 Å². The van der Waals surface area contributed by atoms with E-state index in [1.165, 1.54) is 12.1 Å². The highest BCUT2D eigenvalue weighted by Crippen LogP contribution is 2.22. The molecule has 5 heteroatoms. The highest BCUT2D eigenvalue weighted by atomic mass is 35.5. The zero-order valence-corrected chi connectivity index (χ0v) is 11.0. The number of nitrogens with two attached hydrogens (primary N) is 1. The minimum absolute atomic E-state index is 0.127. The van der Waals surface area contributed by atoms with Crippen molar-refractivity contribution in [1.29, 1.82) is 0 Å². The molecule has 0 fully saturated rings. The highest BCUT2D eigenvalue weighted by molar-refractivity contribution is 6.30. The summed E-state index contributed by atoms with van der Waals surface area (Å²) in [6.45, 7) is 3.83. The van der Waals surface area contributed by atoms with E-state index in [0.29, 0.717) is 5.02 Å². The molecule has 3 N–H and O–H groups in total. The quantitative estimate of drug-likeness (QED) is 0.502. The number of halogens is 2. The molecule has 0 aliphatic carbocycles. The van der Waals surface area contributed by atoms with Gasteiger partial charge in [0.25, 0.3) is 0 Å². The Bertz CT molecular complexity index is 491. The largest absolute Gasteiger partial charge is 0.370 e. The van der Waals surface area contributed by atoms with Gasteiger partial charge in [0.15, 0.2) is 5.96 Å². The molecule has 0 aliphatic rings. The van der Waals surface area contributed by atoms with Crippen LogP contribution in [0.15, 0.2) is 23.2 Å². The van der Waals surface area contributed by atoms with E-state index in [4.69, 9.17) is 23.8 Å². The van der Waals surface area contributed by atoms with Crippen LogP contribution >= 0.6 is 11.6 Å². The predicted octanol–water partition coefficient (Wildman–Crippen LogP) is 2.47. The Morgan fingerprint density at radius 1 is 1.56 bits per heavy atom. The SMILES string of the molecule is C#CC(N=C(N)NC(C)C)c1ccc(Cl)cc1F. The van der Waals surface area contributed by atoms with Crippen LogP contribution in [0.1, 0.15) is 25.5 Å². The molecule has 0 bridgehead atoms. The summed E-state index contributed by atoms with van der Waals surface area (Å²) in [5.41, 5.74) is 5.94. The summed E-state index contributed by atoms with van der Waals surface area (Å²) >= 11 is 5.67. The van der Waals surface area contributed by atoms with Gasteiger partial charge in [-0.25, -0.2) is 9.38 Å². The van der Waals surface area contributed by atoms with Crippen molar-refractivity contribution >= 4 is 17.6 Å². The van der Waals surface area contributed by atoms with Gasteiger partial charge in [0, 0.05) is 16.6 Å². The summed E-state index contributed by atoms with van der Waals surface area (Å²) in [6.07, 6.45) is 5.35. The maximum absolute atomic E-state index is 13.7. The first-order valence-electron chi connectivity index (χ1n) is 5.45. The predicted molar refractivity (Wildman–Crippen MR) is 72.9 cm³/mol. The van der Waals surface area contributed by atoms with Gasteiger partial charge in [0.05, 0.1) is 0 Å². The summed E-state index contributed by atoms with van der Waals surface area (Å²) in [6, 6.07) is 3.62. The molecule has 0 aliphatic heterocycles. The first-order chi connectivity index (χ1) is 8.43. The lowest BCUT2D eigenvalue weighted by Crippen LogP contribution is -2.37. The molecule has 96 valence electrons. The van der Waals surface area contributed by atoms with Crippen LogP contribution in [0.2, 0.25) is 5.02 Å². The van der Waals surface area contributed by atoms with Crippen LogP contribution in [-0.2, 0) is 0 Å². The molecular weight excluding hydrogens is 253 g/mol. The van der Waals surface area contributed by atoms with Gasteiger partial charge in [-0.05, 0) is 26.0 Å². The maximum atomic E-state index is 13.7. The average Bonchev–Trinajstić information content (AvgIpc) is 2.25. The average molecular weight is 268 g/mol. The van der Waals surface area contributed by atoms with Gasteiger partial charge < -0.3 is 11.1 Å². The van der Waals surface area contributed by atoms with Gasteiger partial charge in [-0.2, -0.15) is 0 Å². The molecule has 18 heavy (non-hydrogen) atoms. The second-order valence-corrected chi connectivity index (χ2v) is 4.48. The number of guanidine groups is 1. The zero-order chi connectivity index (χ0) is 13.7. The lowest BCUT2D eigenvalue weighted by Gasteiger charge is -2.12. The zero-order valence-electron chi connectivity index (χ0n) is 10.2. The molecule has 0 radical (unpaired) electrons. The molecule has 1 aromatic carbocycles. The van der Waals surface area contributed by atoms with E-state index in [1.54, 1.807) is 6.07 Å². The molecule has 0 spiro atoms. The molecule has 3 nitrogen and oxygen atoms in total. The third kappa shape index (κ3) is 3.94. The Morgan fingerprint density at radius 2 is 2.22 bits per heavy atom. The number of terminal acetylenes is 1. The van der Waals surface area contributed by atoms with Crippen molar-refractivity contribution in [2.45, 2.75) is 25.9 Å². The maximum Gasteiger partial charge on any atom is 0.190 e. The number of benzene rings is 1. The molecule has 0 aromatic heterocycles. The molecule has 1 aromatic rings. The molecule has 1 unspecified atom stereocenters. The van der Waals surface area contributed by atoms with Crippen molar-refractivity contribution in [2.24, 2.45) is 10.7 Å². The van der Waals surface area contributed by atoms with E-state index in [-0.39, 0.29) is 17.6 Å². The first kappa shape index (κ1) is 14.3. The van der Waals surface area contributed by atoms with Gasteiger partial charge >= 0.3 is 0 Å². The molecule has 1 atom stereocenters. The minimum Gasteiger partial charge on any atom is -0.370 e. The number of nitrogens with zero attached hydrogens (tertiary/aromatic N) is 1. The Kier molecular flexibility index (Phi) is 4.99. The summed E-state index contributed by atoms with van der Waals surface area (Å²) in [5, 5.41) is 3.20. The number of nitrogens with one attached hydrogen (secondary N) is 1. The summed E-state index contributed by atoms with van der Waals surface area (Å²) in [5.74, 6) is 2.08. The normalized spacial score (nSPS) is 13.2. The van der Waals surface area contributed by atoms with E-state index >= 15 is 0 Å². The van der Waals surface area contributed by atoms with E-state index in [0.717, 1.165) is 0 Å². The topological polar surface area (TPSA) is 50.4 Å². The molecule has 1 rings (SSSR count). The lowest BCUT2D eigenvalue weighted by molar-refractivity contribution is 0.604. The van der Waals surface area contributed by atoms with Crippen LogP contribution < -0.4 is 11.1 Å². The fourth-order valence-electron chi connectivity index (χ4n) is 1.39. The second kappa shape index (κ2) is 6.27. The van der Waals surface area contributed by atoms with Crippen molar-refractivity contribution in [3.8, 4) is 12.3 Å². The standard InChI is InChI=1S/C13H15ClFN3/c1-4-12(18-13(16)17-8(2)3)10-6-5-9(14)7-11(10)15/h1,5-8,12H,2-3H3,(H3,16,17,18). The Morgan fingerprint density at radius 3 is 2.72 bits per heavy atom. The number of aliphatic imine (C=N–C) groups is 1. The monoisotopic (exact) mass is 267 g/mol. The van der Waals surface area contributed by atoms with E-state index in [9.17, 15) is 4.39 Å². The first-order valence-corrected chi connectivity index (χ1v) is 5.82. The van der Waals surface area contributed by atoms with Crippen LogP contribution in [-0.4, -0.2) is 12.0 Å². The third-order valence-corrected chi connectivity index (χ3v) is 2.35. The molecule has 0 heterocycles. The number of hydrogen-bond acceptors (Lipinski definition) is 1. The van der Waals surface area contributed by atoms with Crippen LogP contribution in [0.4, 0.5) is 4.39 Å². The Labute approximate surface area is 111 Å². The number of hydrogen-bond donors (Lipinski definition) is 2. The second-order valence-electron chi connectivity index (χ2n) is 4.05. The van der Waals surface area contributed by atoms with Gasteiger partial charge in [-0.1, -0.05) is 23.6 Å². The van der Waals surface area contributed by atoms with Crippen LogP contribution in [0, 0.1) is 18.2 Å². The van der Waals surface area contributed by atoms with E-state index in [2.05, 4.69) is 16.2 Å². The van der Waals surface area contributed by atoms with Crippen molar-refractivity contribution in [3.05, 3.63) is 34.6 Å². The van der Waals surface area contributed by atoms with Crippen molar-refractivity contribution < 1.29 is 4.39 Å². The summed E-state index contributed by atoms with van der Waals surface area (Å²) in [4.78, 5) is 4.06. The third-order valence-electron chi connectivity index (χ3n) is 2.12. The summed E-state index contributed by atoms with van der Waals surface area (Å²) in [7, 11) is 0. The highest BCUT2D eigenvalue weighted by Gasteiger charge is 2.13. The van der Waals surface area contributed by atoms with Gasteiger partial charge in [0.1, 0.15) is 11.9 Å². The van der Waals surface area contributed by atoms with Crippen molar-refractivity contribution in [1.82, 2.24) is 5.32 Å². The van der Waals surface area contributed by atoms with Crippen molar-refractivity contribution in [3.63, 3.8) is 0 Å². The Balaban J connectivity index is 3.01. The molecule has 0 saturated heterocycles. The molecular formula is C13H15ClFN3. The summed E-state index contributed by atoms with van der Waals surface area (Å²) < 4.78 is 13.7. The minimum atomic E-state index is -0.770. The number of rotatable bonds is 3. The van der Waals surface area contributed by atoms with E-state index < -0.39 is 11.9 Å². The van der Waals surface area contributed by atoms with Crippen LogP contribution in [0.3, 0.4) is 0 Å². The fraction of sp³-hybridized carbons (Fsp3) is 0.308.